The molecule has 0 aromatic heterocycles. The van der Waals surface area contributed by atoms with E-state index < -0.39 is 0 Å². The second kappa shape index (κ2) is 5.43. The normalized spacial score (nSPS) is 11.8. The summed E-state index contributed by atoms with van der Waals surface area (Å²) in [5, 5.41) is 10.4. The van der Waals surface area contributed by atoms with Crippen molar-refractivity contribution in [3.63, 3.8) is 0 Å². The van der Waals surface area contributed by atoms with Crippen molar-refractivity contribution in [2.45, 2.75) is 12.8 Å². The molecule has 1 atom stereocenters. The van der Waals surface area contributed by atoms with Crippen LogP contribution in [-0.4, -0.2) is 6.61 Å². The van der Waals surface area contributed by atoms with E-state index in [1.54, 1.807) is 0 Å². The Balaban J connectivity index is 0.000001000. The number of rotatable bonds is 2. The maximum Gasteiger partial charge on any atom is 1.00 e. The van der Waals surface area contributed by atoms with Gasteiger partial charge < -0.3 is 5.11 Å². The third-order valence-electron chi connectivity index (χ3n) is 1.62. The Labute approximate surface area is 79.6 Å². The van der Waals surface area contributed by atoms with Crippen LogP contribution in [0.1, 0.15) is 18.4 Å². The fourth-order valence-corrected chi connectivity index (χ4v) is 0.878. The van der Waals surface area contributed by atoms with E-state index in [0.29, 0.717) is 0 Å². The predicted octanol–water partition coefficient (Wildman–Crippen LogP) is -1.85. The van der Waals surface area contributed by atoms with Gasteiger partial charge in [0.15, 0.2) is 0 Å². The minimum Gasteiger partial charge on any atom is -0.854 e. The molecule has 1 aromatic carbocycles. The Kier molecular flexibility index (Phi) is 5.32. The van der Waals surface area contributed by atoms with Crippen molar-refractivity contribution in [1.29, 1.82) is 0 Å². The number of hydrogen-bond donors (Lipinski definition) is 0. The van der Waals surface area contributed by atoms with Gasteiger partial charge in [-0.2, -0.15) is 0 Å². The molecule has 1 aromatic rings. The van der Waals surface area contributed by atoms with Gasteiger partial charge in [-0.15, -0.1) is 6.61 Å². The topological polar surface area (TPSA) is 23.1 Å². The molecule has 54 valence electrons. The van der Waals surface area contributed by atoms with Crippen molar-refractivity contribution >= 4 is 0 Å². The fourth-order valence-electron chi connectivity index (χ4n) is 0.878. The van der Waals surface area contributed by atoms with Crippen molar-refractivity contribution < 1.29 is 24.0 Å². The van der Waals surface area contributed by atoms with E-state index in [1.165, 1.54) is 0 Å². The molecule has 0 bridgehead atoms. The maximum absolute atomic E-state index is 10.4. The first-order chi connectivity index (χ1) is 4.84. The maximum atomic E-state index is 10.4. The fraction of sp³-hybridized carbons (Fsp3) is 0.333. The van der Waals surface area contributed by atoms with Crippen LogP contribution in [0.4, 0.5) is 0 Å². The van der Waals surface area contributed by atoms with Crippen molar-refractivity contribution in [1.82, 2.24) is 0 Å². The summed E-state index contributed by atoms with van der Waals surface area (Å²) in [6.07, 6.45) is 0. The third-order valence-corrected chi connectivity index (χ3v) is 1.62. The van der Waals surface area contributed by atoms with E-state index >= 15 is 0 Å². The molecule has 1 unspecified atom stereocenters. The van der Waals surface area contributed by atoms with Gasteiger partial charge in [-0.1, -0.05) is 37.3 Å². The summed E-state index contributed by atoms with van der Waals surface area (Å²) in [6.45, 7) is 1.92. The second-order valence-electron chi connectivity index (χ2n) is 2.48. The van der Waals surface area contributed by atoms with Gasteiger partial charge in [0.2, 0.25) is 0 Å². The summed E-state index contributed by atoms with van der Waals surface area (Å²) in [6, 6.07) is 9.86. The summed E-state index contributed by atoms with van der Waals surface area (Å²) >= 11 is 0. The Morgan fingerprint density at radius 3 is 2.27 bits per heavy atom. The summed E-state index contributed by atoms with van der Waals surface area (Å²) < 4.78 is 0. The van der Waals surface area contributed by atoms with Crippen molar-refractivity contribution in [3.05, 3.63) is 35.9 Å². The van der Waals surface area contributed by atoms with E-state index in [4.69, 9.17) is 0 Å². The predicted molar refractivity (Wildman–Crippen MR) is 39.7 cm³/mol. The van der Waals surface area contributed by atoms with Gasteiger partial charge >= 0.3 is 18.9 Å². The zero-order valence-corrected chi connectivity index (χ0v) is 7.08. The number of benzene rings is 1. The van der Waals surface area contributed by atoms with Crippen molar-refractivity contribution in [2.75, 3.05) is 6.61 Å². The molecule has 0 saturated heterocycles. The molecular formula is C9H11LiO. The van der Waals surface area contributed by atoms with Crippen LogP contribution >= 0.6 is 0 Å². The van der Waals surface area contributed by atoms with Gasteiger partial charge in [0.1, 0.15) is 0 Å². The van der Waals surface area contributed by atoms with Gasteiger partial charge in [-0.25, -0.2) is 0 Å². The standard InChI is InChI=1S/C9H11O.Li/c1-8(7-10)9-5-3-2-4-6-9;/h2-6,8H,7H2,1H3;/q-1;+1. The van der Waals surface area contributed by atoms with E-state index in [9.17, 15) is 5.11 Å². The molecule has 0 aliphatic carbocycles. The minimum absolute atomic E-state index is 0. The molecule has 1 nitrogen and oxygen atoms in total. The SMILES string of the molecule is CC(C[O-])c1ccccc1.[Li+]. The molecule has 0 fully saturated rings. The molecule has 0 aliphatic heterocycles. The monoisotopic (exact) mass is 142 g/mol. The molecule has 0 spiro atoms. The van der Waals surface area contributed by atoms with E-state index in [-0.39, 0.29) is 31.4 Å². The largest absolute Gasteiger partial charge is 1.00 e. The van der Waals surface area contributed by atoms with E-state index in [1.807, 2.05) is 37.3 Å². The van der Waals surface area contributed by atoms with E-state index in [0.717, 1.165) is 5.56 Å². The average Bonchev–Trinajstić information content (AvgIpc) is 2.05. The van der Waals surface area contributed by atoms with Crippen LogP contribution in [0.2, 0.25) is 0 Å². The molecular weight excluding hydrogens is 131 g/mol. The first kappa shape index (κ1) is 10.8. The Morgan fingerprint density at radius 1 is 1.27 bits per heavy atom. The van der Waals surface area contributed by atoms with Crippen LogP contribution < -0.4 is 24.0 Å². The van der Waals surface area contributed by atoms with Crippen LogP contribution in [0.25, 0.3) is 0 Å². The molecule has 2 heteroatoms. The van der Waals surface area contributed by atoms with Crippen LogP contribution in [-0.2, 0) is 0 Å². The van der Waals surface area contributed by atoms with Gasteiger partial charge in [0, 0.05) is 0 Å². The summed E-state index contributed by atoms with van der Waals surface area (Å²) in [7, 11) is 0. The van der Waals surface area contributed by atoms with Crippen LogP contribution in [0.5, 0.6) is 0 Å². The molecule has 0 N–H and O–H groups in total. The van der Waals surface area contributed by atoms with Gasteiger partial charge in [-0.3, -0.25) is 0 Å². The molecule has 11 heavy (non-hydrogen) atoms. The minimum atomic E-state index is -0.0238. The van der Waals surface area contributed by atoms with Gasteiger partial charge in [0.25, 0.3) is 0 Å². The summed E-state index contributed by atoms with van der Waals surface area (Å²) in [5.74, 6) is 0.154. The molecule has 0 saturated carbocycles. The van der Waals surface area contributed by atoms with Crippen molar-refractivity contribution in [3.8, 4) is 0 Å². The van der Waals surface area contributed by atoms with Crippen LogP contribution in [0, 0.1) is 0 Å². The number of hydrogen-bond acceptors (Lipinski definition) is 1. The summed E-state index contributed by atoms with van der Waals surface area (Å²) in [4.78, 5) is 0. The second-order valence-corrected chi connectivity index (χ2v) is 2.48. The first-order valence-electron chi connectivity index (χ1n) is 3.47. The molecule has 1 rings (SSSR count). The van der Waals surface area contributed by atoms with Crippen LogP contribution in [0.3, 0.4) is 0 Å². The first-order valence-corrected chi connectivity index (χ1v) is 3.47. The van der Waals surface area contributed by atoms with Gasteiger partial charge in [0.05, 0.1) is 0 Å². The summed E-state index contributed by atoms with van der Waals surface area (Å²) in [5.41, 5.74) is 1.14. The Hall–Kier alpha value is -0.223. The molecule has 0 aliphatic rings. The molecule has 0 heterocycles. The Morgan fingerprint density at radius 2 is 1.82 bits per heavy atom. The Bertz CT molecular complexity index is 186. The van der Waals surface area contributed by atoms with Gasteiger partial charge in [-0.05, 0) is 11.5 Å². The van der Waals surface area contributed by atoms with Crippen molar-refractivity contribution in [2.24, 2.45) is 0 Å². The smallest absolute Gasteiger partial charge is 0.854 e. The molecule has 0 amide bonds. The zero-order chi connectivity index (χ0) is 7.40. The molecule has 0 radical (unpaired) electrons. The average molecular weight is 142 g/mol. The zero-order valence-electron chi connectivity index (χ0n) is 7.08. The third kappa shape index (κ3) is 3.12. The quantitative estimate of drug-likeness (QED) is 0.445. The van der Waals surface area contributed by atoms with E-state index in [2.05, 4.69) is 0 Å². The van der Waals surface area contributed by atoms with Crippen LogP contribution in [0.15, 0.2) is 30.3 Å².